The van der Waals surface area contributed by atoms with Crippen LogP contribution in [-0.2, 0) is 22.4 Å². The largest absolute Gasteiger partial charge is 0.488 e. The lowest BCUT2D eigenvalue weighted by molar-refractivity contribution is -0.137. The van der Waals surface area contributed by atoms with E-state index in [2.05, 4.69) is 15.8 Å². The normalized spacial score (nSPS) is 11.5. The Morgan fingerprint density at radius 3 is 2.41 bits per heavy atom. The summed E-state index contributed by atoms with van der Waals surface area (Å²) in [6, 6.07) is 22.9. The summed E-state index contributed by atoms with van der Waals surface area (Å²) in [6.07, 6.45) is -3.50. The van der Waals surface area contributed by atoms with Crippen LogP contribution in [0.25, 0.3) is 10.8 Å². The maximum atomic E-state index is 12.9. The smallest absolute Gasteiger partial charge is 0.416 e. The minimum atomic E-state index is -4.52. The van der Waals surface area contributed by atoms with Gasteiger partial charge in [-0.05, 0) is 52.7 Å². The predicted octanol–water partition coefficient (Wildman–Crippen LogP) is 6.96. The fourth-order valence-electron chi connectivity index (χ4n) is 3.72. The van der Waals surface area contributed by atoms with Crippen molar-refractivity contribution >= 4 is 46.1 Å². The Kier molecular flexibility index (Phi) is 8.83. The van der Waals surface area contributed by atoms with Crippen LogP contribution in [0.3, 0.4) is 0 Å². The number of nitrogens with one attached hydrogen (secondary N) is 2. The number of nitrogens with zero attached hydrogens (tertiary/aromatic N) is 1. The Morgan fingerprint density at radius 2 is 1.64 bits per heavy atom. The topological polar surface area (TPSA) is 79.8 Å². The van der Waals surface area contributed by atoms with Gasteiger partial charge in [-0.3, -0.25) is 9.59 Å². The van der Waals surface area contributed by atoms with E-state index in [-0.39, 0.29) is 18.5 Å². The van der Waals surface area contributed by atoms with E-state index in [4.69, 9.17) is 16.3 Å². The number of carbonyl (C=O) groups excluding carboxylic acids is 2. The van der Waals surface area contributed by atoms with Crippen molar-refractivity contribution in [2.24, 2.45) is 5.10 Å². The van der Waals surface area contributed by atoms with E-state index in [1.54, 1.807) is 12.1 Å². The predicted molar refractivity (Wildman–Crippen MR) is 145 cm³/mol. The van der Waals surface area contributed by atoms with Crippen LogP contribution >= 0.6 is 11.6 Å². The number of hydrazone groups is 1. The summed E-state index contributed by atoms with van der Waals surface area (Å²) < 4.78 is 44.6. The first-order valence-electron chi connectivity index (χ1n) is 11.9. The van der Waals surface area contributed by atoms with Gasteiger partial charge in [-0.25, -0.2) is 5.43 Å². The van der Waals surface area contributed by atoms with E-state index in [9.17, 15) is 22.8 Å². The number of benzene rings is 4. The van der Waals surface area contributed by atoms with Crippen LogP contribution in [0.1, 0.15) is 29.5 Å². The Labute approximate surface area is 227 Å². The molecule has 0 radical (unpaired) electrons. The minimum Gasteiger partial charge on any atom is -0.488 e. The van der Waals surface area contributed by atoms with Crippen LogP contribution in [0.2, 0.25) is 5.02 Å². The zero-order valence-corrected chi connectivity index (χ0v) is 21.2. The number of amides is 2. The van der Waals surface area contributed by atoms with Crippen LogP contribution in [0.5, 0.6) is 5.75 Å². The van der Waals surface area contributed by atoms with Crippen LogP contribution in [0, 0.1) is 0 Å². The molecule has 4 aromatic rings. The van der Waals surface area contributed by atoms with Crippen molar-refractivity contribution in [1.82, 2.24) is 5.43 Å². The molecule has 0 aromatic heterocycles. The summed E-state index contributed by atoms with van der Waals surface area (Å²) in [4.78, 5) is 24.4. The third kappa shape index (κ3) is 7.81. The molecule has 2 N–H and O–H groups in total. The molecule has 0 aliphatic rings. The molecule has 0 aliphatic carbocycles. The van der Waals surface area contributed by atoms with Crippen molar-refractivity contribution in [3.63, 3.8) is 0 Å². The van der Waals surface area contributed by atoms with Crippen LogP contribution in [-0.4, -0.2) is 18.0 Å². The fourth-order valence-corrected chi connectivity index (χ4v) is 3.85. The van der Waals surface area contributed by atoms with Gasteiger partial charge in [-0.2, -0.15) is 18.3 Å². The Morgan fingerprint density at radius 1 is 0.897 bits per heavy atom. The molecule has 39 heavy (non-hydrogen) atoms. The van der Waals surface area contributed by atoms with Gasteiger partial charge in [0.2, 0.25) is 11.8 Å². The summed E-state index contributed by atoms with van der Waals surface area (Å²) in [5, 5.41) is 8.85. The van der Waals surface area contributed by atoms with Crippen LogP contribution < -0.4 is 15.5 Å². The van der Waals surface area contributed by atoms with Gasteiger partial charge in [0.25, 0.3) is 0 Å². The second-order valence-electron chi connectivity index (χ2n) is 8.53. The lowest BCUT2D eigenvalue weighted by Crippen LogP contribution is -2.21. The monoisotopic (exact) mass is 553 g/mol. The first kappa shape index (κ1) is 27.7. The molecule has 0 saturated carbocycles. The molecule has 0 aliphatic heterocycles. The number of carbonyl (C=O) groups is 2. The third-order valence-corrected chi connectivity index (χ3v) is 5.93. The van der Waals surface area contributed by atoms with E-state index in [1.165, 1.54) is 18.3 Å². The van der Waals surface area contributed by atoms with Gasteiger partial charge >= 0.3 is 6.18 Å². The standard InChI is InChI=1S/C29H23ClF3N3O3/c30-22-11-8-19(9-12-22)18-39-26-13-10-20-4-1-2-7-24(20)25(26)17-34-36-28(38)15-14-27(37)35-23-6-3-5-21(16-23)29(31,32)33/h1-13,16-17H,14-15,18H2,(H,35,37)(H,36,38). The maximum absolute atomic E-state index is 12.9. The van der Waals surface area contributed by atoms with Crippen LogP contribution in [0.4, 0.5) is 18.9 Å². The highest BCUT2D eigenvalue weighted by molar-refractivity contribution is 6.30. The molecular formula is C29H23ClF3N3O3. The number of hydrogen-bond donors (Lipinski definition) is 2. The van der Waals surface area contributed by atoms with Crippen molar-refractivity contribution in [3.05, 3.63) is 107 Å². The quantitative estimate of drug-likeness (QED) is 0.174. The van der Waals surface area contributed by atoms with Gasteiger partial charge < -0.3 is 10.1 Å². The van der Waals surface area contributed by atoms with Crippen molar-refractivity contribution in [2.45, 2.75) is 25.6 Å². The second-order valence-corrected chi connectivity index (χ2v) is 8.97. The number of fused-ring (bicyclic) bond motifs is 1. The molecule has 0 spiro atoms. The van der Waals surface area contributed by atoms with Crippen molar-refractivity contribution in [2.75, 3.05) is 5.32 Å². The average Bonchev–Trinajstić information content (AvgIpc) is 2.92. The van der Waals surface area contributed by atoms with Crippen LogP contribution in [0.15, 0.2) is 90.0 Å². The second kappa shape index (κ2) is 12.4. The average molecular weight is 554 g/mol. The summed E-state index contributed by atoms with van der Waals surface area (Å²) in [7, 11) is 0. The summed E-state index contributed by atoms with van der Waals surface area (Å²) in [5.74, 6) is -0.572. The van der Waals surface area contributed by atoms with E-state index in [0.717, 1.165) is 28.5 Å². The Hall–Kier alpha value is -4.37. The van der Waals surface area contributed by atoms with E-state index >= 15 is 0 Å². The number of ether oxygens (including phenoxy) is 1. The SMILES string of the molecule is O=C(CCC(=O)Nc1cccc(C(F)(F)F)c1)NN=Cc1c(OCc2ccc(Cl)cc2)ccc2ccccc12. The highest BCUT2D eigenvalue weighted by atomic mass is 35.5. The fraction of sp³-hybridized carbons (Fsp3) is 0.138. The summed E-state index contributed by atoms with van der Waals surface area (Å²) >= 11 is 5.95. The van der Waals surface area contributed by atoms with Gasteiger partial charge in [-0.15, -0.1) is 0 Å². The molecule has 4 rings (SSSR count). The highest BCUT2D eigenvalue weighted by Crippen LogP contribution is 2.31. The summed E-state index contributed by atoms with van der Waals surface area (Å²) in [5.41, 5.74) is 3.08. The Balaban J connectivity index is 1.37. The van der Waals surface area contributed by atoms with Gasteiger partial charge in [-0.1, -0.05) is 60.1 Å². The van der Waals surface area contributed by atoms with Crippen molar-refractivity contribution in [1.29, 1.82) is 0 Å². The number of halogens is 4. The van der Waals surface area contributed by atoms with Gasteiger partial charge in [0, 0.05) is 29.1 Å². The summed E-state index contributed by atoms with van der Waals surface area (Å²) in [6.45, 7) is 0.295. The number of anilines is 1. The number of hydrogen-bond acceptors (Lipinski definition) is 4. The molecule has 10 heteroatoms. The van der Waals surface area contributed by atoms with Crippen molar-refractivity contribution < 1.29 is 27.5 Å². The molecule has 0 unspecified atom stereocenters. The van der Waals surface area contributed by atoms with E-state index in [1.807, 2.05) is 48.5 Å². The molecule has 200 valence electrons. The lowest BCUT2D eigenvalue weighted by atomic mass is 10.0. The lowest BCUT2D eigenvalue weighted by Gasteiger charge is -2.12. The third-order valence-electron chi connectivity index (χ3n) is 5.67. The minimum absolute atomic E-state index is 0.00432. The molecule has 0 fully saturated rings. The highest BCUT2D eigenvalue weighted by Gasteiger charge is 2.30. The molecule has 0 heterocycles. The molecule has 0 atom stereocenters. The molecule has 4 aromatic carbocycles. The zero-order valence-electron chi connectivity index (χ0n) is 20.5. The Bertz CT molecular complexity index is 1510. The molecule has 0 bridgehead atoms. The first-order chi connectivity index (χ1) is 18.7. The molecular weight excluding hydrogens is 531 g/mol. The van der Waals surface area contributed by atoms with Crippen molar-refractivity contribution in [3.8, 4) is 5.75 Å². The van der Waals surface area contributed by atoms with E-state index in [0.29, 0.717) is 22.9 Å². The maximum Gasteiger partial charge on any atom is 0.416 e. The van der Waals surface area contributed by atoms with Gasteiger partial charge in [0.1, 0.15) is 12.4 Å². The van der Waals surface area contributed by atoms with Gasteiger partial charge in [0.05, 0.1) is 11.8 Å². The zero-order chi connectivity index (χ0) is 27.8. The molecule has 6 nitrogen and oxygen atoms in total. The molecule has 2 amide bonds. The first-order valence-corrected chi connectivity index (χ1v) is 12.2. The molecule has 0 saturated heterocycles. The van der Waals surface area contributed by atoms with E-state index < -0.39 is 23.6 Å². The van der Waals surface area contributed by atoms with Gasteiger partial charge in [0.15, 0.2) is 0 Å². The number of rotatable bonds is 9. The number of alkyl halides is 3.